The zero-order valence-electron chi connectivity index (χ0n) is 15.8. The molecule has 0 radical (unpaired) electrons. The molecular formula is C23H19NO5. The summed E-state index contributed by atoms with van der Waals surface area (Å²) in [6, 6.07) is 19.0. The van der Waals surface area contributed by atoms with Gasteiger partial charge in [0, 0.05) is 17.3 Å². The van der Waals surface area contributed by atoms with Crippen molar-refractivity contribution in [3.05, 3.63) is 83.4 Å². The molecule has 0 spiro atoms. The third-order valence-corrected chi connectivity index (χ3v) is 4.54. The summed E-state index contributed by atoms with van der Waals surface area (Å²) in [7, 11) is 1.55. The minimum atomic E-state index is -0.422. The average Bonchev–Trinajstić information content (AvgIpc) is 2.78. The molecule has 6 heteroatoms. The Hall–Kier alpha value is -3.80. The van der Waals surface area contributed by atoms with Crippen molar-refractivity contribution in [1.29, 1.82) is 0 Å². The number of carbonyl (C=O) groups is 2. The van der Waals surface area contributed by atoms with E-state index in [9.17, 15) is 9.59 Å². The maximum atomic E-state index is 13.3. The predicted octanol–water partition coefficient (Wildman–Crippen LogP) is 3.95. The number of rotatable bonds is 5. The van der Waals surface area contributed by atoms with E-state index >= 15 is 0 Å². The van der Waals surface area contributed by atoms with Gasteiger partial charge < -0.3 is 19.5 Å². The summed E-state index contributed by atoms with van der Waals surface area (Å²) in [5, 5.41) is 2.82. The molecular weight excluding hydrogens is 370 g/mol. The van der Waals surface area contributed by atoms with Crippen molar-refractivity contribution in [3.63, 3.8) is 0 Å². The van der Waals surface area contributed by atoms with Gasteiger partial charge in [-0.1, -0.05) is 36.4 Å². The van der Waals surface area contributed by atoms with E-state index in [2.05, 4.69) is 5.32 Å². The molecule has 1 aliphatic rings. The van der Waals surface area contributed by atoms with Crippen molar-refractivity contribution in [2.75, 3.05) is 25.6 Å². The van der Waals surface area contributed by atoms with E-state index in [4.69, 9.17) is 14.2 Å². The number of carbonyl (C=O) groups excluding carboxylic acids is 2. The average molecular weight is 389 g/mol. The van der Waals surface area contributed by atoms with Crippen LogP contribution >= 0.6 is 0 Å². The molecule has 1 amide bonds. The van der Waals surface area contributed by atoms with Crippen LogP contribution in [0.25, 0.3) is 0 Å². The van der Waals surface area contributed by atoms with Crippen LogP contribution in [0.5, 0.6) is 17.2 Å². The van der Waals surface area contributed by atoms with E-state index in [0.717, 1.165) is 0 Å². The van der Waals surface area contributed by atoms with Crippen molar-refractivity contribution in [2.45, 2.75) is 0 Å². The number of ether oxygens (including phenoxy) is 3. The zero-order valence-corrected chi connectivity index (χ0v) is 15.8. The number of fused-ring (bicyclic) bond motifs is 1. The van der Waals surface area contributed by atoms with Gasteiger partial charge in [0.1, 0.15) is 19.0 Å². The van der Waals surface area contributed by atoms with Crippen molar-refractivity contribution in [2.24, 2.45) is 0 Å². The molecule has 0 saturated heterocycles. The molecule has 0 bridgehead atoms. The smallest absolute Gasteiger partial charge is 0.256 e. The Kier molecular flexibility index (Phi) is 5.16. The van der Waals surface area contributed by atoms with E-state index < -0.39 is 5.91 Å². The molecule has 0 atom stereocenters. The summed E-state index contributed by atoms with van der Waals surface area (Å²) in [5.74, 6) is 0.640. The third-order valence-electron chi connectivity index (χ3n) is 4.54. The Balaban J connectivity index is 1.76. The Bertz CT molecular complexity index is 1060. The second-order valence-electron chi connectivity index (χ2n) is 6.39. The number of hydrogen-bond acceptors (Lipinski definition) is 5. The number of methoxy groups -OCH3 is 1. The van der Waals surface area contributed by atoms with Crippen molar-refractivity contribution < 1.29 is 23.8 Å². The van der Waals surface area contributed by atoms with Gasteiger partial charge in [0.2, 0.25) is 0 Å². The quantitative estimate of drug-likeness (QED) is 0.669. The highest BCUT2D eigenvalue weighted by Crippen LogP contribution is 2.37. The molecule has 3 aromatic rings. The normalized spacial score (nSPS) is 12.2. The molecule has 1 N–H and O–H groups in total. The third kappa shape index (κ3) is 3.78. The van der Waals surface area contributed by atoms with Gasteiger partial charge >= 0.3 is 0 Å². The van der Waals surface area contributed by atoms with Crippen molar-refractivity contribution >= 4 is 17.4 Å². The molecule has 0 unspecified atom stereocenters. The number of amides is 1. The molecule has 1 heterocycles. The van der Waals surface area contributed by atoms with Gasteiger partial charge in [-0.05, 0) is 24.3 Å². The minimum absolute atomic E-state index is 0.189. The van der Waals surface area contributed by atoms with Crippen molar-refractivity contribution in [3.8, 4) is 17.2 Å². The predicted molar refractivity (Wildman–Crippen MR) is 108 cm³/mol. The van der Waals surface area contributed by atoms with Crippen LogP contribution in [0, 0.1) is 0 Å². The first-order valence-corrected chi connectivity index (χ1v) is 9.15. The lowest BCUT2D eigenvalue weighted by molar-refractivity contribution is 0.0987. The largest absolute Gasteiger partial charge is 0.497 e. The highest BCUT2D eigenvalue weighted by Gasteiger charge is 2.28. The SMILES string of the molecule is COc1cccc(NC(=O)c2ccc3c(c2C(=O)c2ccccc2)OCCO3)c1. The van der Waals surface area contributed by atoms with E-state index in [1.54, 1.807) is 67.8 Å². The summed E-state index contributed by atoms with van der Waals surface area (Å²) in [5.41, 5.74) is 1.42. The van der Waals surface area contributed by atoms with Gasteiger partial charge in [0.25, 0.3) is 5.91 Å². The Morgan fingerprint density at radius 3 is 2.52 bits per heavy atom. The Morgan fingerprint density at radius 2 is 1.72 bits per heavy atom. The van der Waals surface area contributed by atoms with Crippen LogP contribution in [0.4, 0.5) is 5.69 Å². The fourth-order valence-electron chi connectivity index (χ4n) is 3.16. The van der Waals surface area contributed by atoms with Crippen LogP contribution in [0.2, 0.25) is 0 Å². The van der Waals surface area contributed by atoms with E-state index in [1.807, 2.05) is 6.07 Å². The summed E-state index contributed by atoms with van der Waals surface area (Å²) in [4.78, 5) is 26.3. The molecule has 4 rings (SSSR count). The van der Waals surface area contributed by atoms with Crippen molar-refractivity contribution in [1.82, 2.24) is 0 Å². The van der Waals surface area contributed by atoms with E-state index in [0.29, 0.717) is 41.7 Å². The highest BCUT2D eigenvalue weighted by molar-refractivity contribution is 6.19. The number of anilines is 1. The summed E-state index contributed by atoms with van der Waals surface area (Å²) < 4.78 is 16.5. The molecule has 0 fully saturated rings. The first-order valence-electron chi connectivity index (χ1n) is 9.15. The number of nitrogens with one attached hydrogen (secondary N) is 1. The lowest BCUT2D eigenvalue weighted by Crippen LogP contribution is -2.22. The van der Waals surface area contributed by atoms with Gasteiger partial charge in [-0.2, -0.15) is 0 Å². The van der Waals surface area contributed by atoms with Gasteiger partial charge in [-0.3, -0.25) is 9.59 Å². The molecule has 1 aliphatic heterocycles. The van der Waals surface area contributed by atoms with Crippen LogP contribution in [0.3, 0.4) is 0 Å². The Labute approximate surface area is 168 Å². The molecule has 0 aromatic heterocycles. The minimum Gasteiger partial charge on any atom is -0.497 e. The first kappa shape index (κ1) is 18.6. The molecule has 6 nitrogen and oxygen atoms in total. The lowest BCUT2D eigenvalue weighted by atomic mass is 9.96. The lowest BCUT2D eigenvalue weighted by Gasteiger charge is -2.22. The summed E-state index contributed by atoms with van der Waals surface area (Å²) >= 11 is 0. The summed E-state index contributed by atoms with van der Waals surface area (Å²) in [6.07, 6.45) is 0. The highest BCUT2D eigenvalue weighted by atomic mass is 16.6. The molecule has 146 valence electrons. The van der Waals surface area contributed by atoms with Gasteiger partial charge in [-0.25, -0.2) is 0 Å². The zero-order chi connectivity index (χ0) is 20.2. The maximum absolute atomic E-state index is 13.3. The summed E-state index contributed by atoms with van der Waals surface area (Å²) in [6.45, 7) is 0.699. The second kappa shape index (κ2) is 8.06. The first-order chi connectivity index (χ1) is 14.2. The molecule has 29 heavy (non-hydrogen) atoms. The Morgan fingerprint density at radius 1 is 0.931 bits per heavy atom. The van der Waals surface area contributed by atoms with Crippen LogP contribution in [0.15, 0.2) is 66.7 Å². The van der Waals surface area contributed by atoms with Crippen LogP contribution in [-0.2, 0) is 0 Å². The van der Waals surface area contributed by atoms with Crippen LogP contribution in [0.1, 0.15) is 26.3 Å². The second-order valence-corrected chi connectivity index (χ2v) is 6.39. The van der Waals surface area contributed by atoms with Gasteiger partial charge in [-0.15, -0.1) is 0 Å². The monoisotopic (exact) mass is 389 g/mol. The molecule has 3 aromatic carbocycles. The van der Waals surface area contributed by atoms with Crippen LogP contribution < -0.4 is 19.5 Å². The van der Waals surface area contributed by atoms with E-state index in [1.165, 1.54) is 0 Å². The standard InChI is InChI=1S/C23H19NO5/c1-27-17-9-5-8-16(14-17)24-23(26)18-10-11-19-22(29-13-12-28-19)20(18)21(25)15-6-3-2-4-7-15/h2-11,14H,12-13H2,1H3,(H,24,26). The fraction of sp³-hybridized carbons (Fsp3) is 0.130. The fourth-order valence-corrected chi connectivity index (χ4v) is 3.16. The number of ketones is 1. The number of hydrogen-bond donors (Lipinski definition) is 1. The van der Waals surface area contributed by atoms with Crippen LogP contribution in [-0.4, -0.2) is 32.0 Å². The molecule has 0 aliphatic carbocycles. The van der Waals surface area contributed by atoms with Gasteiger partial charge in [0.05, 0.1) is 18.2 Å². The topological polar surface area (TPSA) is 73.9 Å². The maximum Gasteiger partial charge on any atom is 0.256 e. The number of benzene rings is 3. The van der Waals surface area contributed by atoms with Gasteiger partial charge in [0.15, 0.2) is 17.3 Å². The molecule has 0 saturated carbocycles. The van der Waals surface area contributed by atoms with E-state index in [-0.39, 0.29) is 16.9 Å².